The van der Waals surface area contributed by atoms with Crippen molar-refractivity contribution in [3.8, 4) is 11.5 Å². The third kappa shape index (κ3) is 3.00. The van der Waals surface area contributed by atoms with E-state index >= 15 is 0 Å². The van der Waals surface area contributed by atoms with Crippen LogP contribution in [0.5, 0.6) is 11.5 Å². The molecule has 0 aliphatic carbocycles. The summed E-state index contributed by atoms with van der Waals surface area (Å²) in [6.45, 7) is 3.07. The van der Waals surface area contributed by atoms with Crippen LogP contribution < -0.4 is 14.8 Å². The van der Waals surface area contributed by atoms with Crippen molar-refractivity contribution in [1.29, 1.82) is 0 Å². The fourth-order valence-electron chi connectivity index (χ4n) is 2.56. The van der Waals surface area contributed by atoms with Gasteiger partial charge in [0.15, 0.2) is 11.5 Å². The molecule has 0 spiro atoms. The van der Waals surface area contributed by atoms with Crippen LogP contribution in [-0.4, -0.2) is 6.79 Å². The van der Waals surface area contributed by atoms with E-state index in [1.165, 1.54) is 12.1 Å². The van der Waals surface area contributed by atoms with E-state index in [1.807, 2.05) is 30.3 Å². The Hall–Kier alpha value is -2.07. The number of ether oxygens (including phenoxy) is 2. The second-order valence-corrected chi connectivity index (χ2v) is 5.04. The minimum atomic E-state index is -0.208. The van der Waals surface area contributed by atoms with Crippen LogP contribution in [0.15, 0.2) is 42.5 Å². The number of rotatable bonds is 5. The standard InChI is InChI=1S/C17H18FNO2/c1-2-15(12-6-8-14(18)9-7-12)19-10-13-4-3-5-16-17(13)21-11-20-16/h3-9,15,19H,2,10-11H2,1H3. The Morgan fingerprint density at radius 1 is 1.14 bits per heavy atom. The molecule has 0 saturated carbocycles. The van der Waals surface area contributed by atoms with Gasteiger partial charge < -0.3 is 14.8 Å². The van der Waals surface area contributed by atoms with Gasteiger partial charge in [-0.3, -0.25) is 0 Å². The molecule has 1 aliphatic rings. The molecular weight excluding hydrogens is 269 g/mol. The van der Waals surface area contributed by atoms with Crippen molar-refractivity contribution in [2.24, 2.45) is 0 Å². The Balaban J connectivity index is 1.71. The molecule has 0 radical (unpaired) electrons. The summed E-state index contributed by atoms with van der Waals surface area (Å²) >= 11 is 0. The summed E-state index contributed by atoms with van der Waals surface area (Å²) in [5.74, 6) is 1.41. The lowest BCUT2D eigenvalue weighted by atomic mass is 10.0. The van der Waals surface area contributed by atoms with Crippen molar-refractivity contribution in [1.82, 2.24) is 5.32 Å². The van der Waals surface area contributed by atoms with Crippen LogP contribution in [0.2, 0.25) is 0 Å². The largest absolute Gasteiger partial charge is 0.454 e. The topological polar surface area (TPSA) is 30.5 Å². The zero-order valence-electron chi connectivity index (χ0n) is 11.9. The smallest absolute Gasteiger partial charge is 0.231 e. The molecule has 21 heavy (non-hydrogen) atoms. The molecule has 1 unspecified atom stereocenters. The molecule has 0 aromatic heterocycles. The minimum Gasteiger partial charge on any atom is -0.454 e. The van der Waals surface area contributed by atoms with E-state index in [9.17, 15) is 4.39 Å². The maximum Gasteiger partial charge on any atom is 0.231 e. The van der Waals surface area contributed by atoms with E-state index in [2.05, 4.69) is 12.2 Å². The van der Waals surface area contributed by atoms with Gasteiger partial charge >= 0.3 is 0 Å². The van der Waals surface area contributed by atoms with Crippen molar-refractivity contribution in [2.45, 2.75) is 25.9 Å². The highest BCUT2D eigenvalue weighted by molar-refractivity contribution is 5.48. The molecule has 2 aromatic rings. The maximum absolute atomic E-state index is 13.0. The van der Waals surface area contributed by atoms with E-state index in [4.69, 9.17) is 9.47 Å². The fraction of sp³-hybridized carbons (Fsp3) is 0.294. The van der Waals surface area contributed by atoms with Crippen LogP contribution in [-0.2, 0) is 6.54 Å². The third-order valence-corrected chi connectivity index (χ3v) is 3.70. The lowest BCUT2D eigenvalue weighted by Gasteiger charge is -2.18. The van der Waals surface area contributed by atoms with Gasteiger partial charge in [0.05, 0.1) is 0 Å². The molecule has 1 heterocycles. The van der Waals surface area contributed by atoms with Crippen LogP contribution >= 0.6 is 0 Å². The second-order valence-electron chi connectivity index (χ2n) is 5.04. The normalized spacial score (nSPS) is 14.2. The van der Waals surface area contributed by atoms with Crippen LogP contribution in [0, 0.1) is 5.82 Å². The first-order valence-electron chi connectivity index (χ1n) is 7.14. The molecule has 1 atom stereocenters. The minimum absolute atomic E-state index is 0.184. The summed E-state index contributed by atoms with van der Waals surface area (Å²) in [6, 6.07) is 12.7. The van der Waals surface area contributed by atoms with Gasteiger partial charge in [0.2, 0.25) is 6.79 Å². The zero-order valence-corrected chi connectivity index (χ0v) is 11.9. The number of nitrogens with one attached hydrogen (secondary N) is 1. The molecule has 0 bridgehead atoms. The van der Waals surface area contributed by atoms with Gasteiger partial charge in [-0.1, -0.05) is 31.2 Å². The summed E-state index contributed by atoms with van der Waals surface area (Å²) < 4.78 is 23.9. The first-order valence-corrected chi connectivity index (χ1v) is 7.14. The van der Waals surface area contributed by atoms with E-state index in [0.29, 0.717) is 6.54 Å². The van der Waals surface area contributed by atoms with E-state index in [-0.39, 0.29) is 18.7 Å². The number of para-hydroxylation sites is 1. The number of halogens is 1. The average molecular weight is 287 g/mol. The van der Waals surface area contributed by atoms with Gasteiger partial charge in [0.1, 0.15) is 5.82 Å². The number of hydrogen-bond donors (Lipinski definition) is 1. The van der Waals surface area contributed by atoms with Crippen molar-refractivity contribution in [3.63, 3.8) is 0 Å². The molecule has 3 rings (SSSR count). The molecule has 2 aromatic carbocycles. The lowest BCUT2D eigenvalue weighted by Crippen LogP contribution is -2.20. The van der Waals surface area contributed by atoms with Crippen molar-refractivity contribution >= 4 is 0 Å². The molecule has 1 N–H and O–H groups in total. The summed E-state index contributed by atoms with van der Waals surface area (Å²) in [5.41, 5.74) is 2.16. The Morgan fingerprint density at radius 3 is 2.71 bits per heavy atom. The monoisotopic (exact) mass is 287 g/mol. The van der Waals surface area contributed by atoms with Crippen LogP contribution in [0.4, 0.5) is 4.39 Å². The van der Waals surface area contributed by atoms with Gasteiger partial charge in [0.25, 0.3) is 0 Å². The molecular formula is C17H18FNO2. The van der Waals surface area contributed by atoms with E-state index < -0.39 is 0 Å². The van der Waals surface area contributed by atoms with Gasteiger partial charge in [0, 0.05) is 18.2 Å². The summed E-state index contributed by atoms with van der Waals surface area (Å²) in [7, 11) is 0. The van der Waals surface area contributed by atoms with Crippen molar-refractivity contribution in [3.05, 3.63) is 59.4 Å². The molecule has 0 fully saturated rings. The van der Waals surface area contributed by atoms with Gasteiger partial charge in [-0.05, 0) is 30.2 Å². The van der Waals surface area contributed by atoms with Gasteiger partial charge in [-0.2, -0.15) is 0 Å². The van der Waals surface area contributed by atoms with Crippen LogP contribution in [0.3, 0.4) is 0 Å². The first-order chi connectivity index (χ1) is 10.3. The number of benzene rings is 2. The molecule has 4 heteroatoms. The van der Waals surface area contributed by atoms with E-state index in [1.54, 1.807) is 0 Å². The second kappa shape index (κ2) is 6.14. The molecule has 0 saturated heterocycles. The van der Waals surface area contributed by atoms with Crippen LogP contribution in [0.25, 0.3) is 0 Å². The first kappa shape index (κ1) is 13.9. The molecule has 110 valence electrons. The Labute approximate surface area is 123 Å². The number of hydrogen-bond acceptors (Lipinski definition) is 3. The summed E-state index contributed by atoms with van der Waals surface area (Å²) in [5, 5.41) is 3.49. The van der Waals surface area contributed by atoms with E-state index in [0.717, 1.165) is 29.0 Å². The fourth-order valence-corrected chi connectivity index (χ4v) is 2.56. The maximum atomic E-state index is 13.0. The Bertz CT molecular complexity index is 613. The number of fused-ring (bicyclic) bond motifs is 1. The average Bonchev–Trinajstić information content (AvgIpc) is 2.99. The third-order valence-electron chi connectivity index (χ3n) is 3.70. The zero-order chi connectivity index (χ0) is 14.7. The highest BCUT2D eigenvalue weighted by Gasteiger charge is 2.18. The highest BCUT2D eigenvalue weighted by Crippen LogP contribution is 2.35. The predicted molar refractivity (Wildman–Crippen MR) is 78.8 cm³/mol. The quantitative estimate of drug-likeness (QED) is 0.907. The Morgan fingerprint density at radius 2 is 1.95 bits per heavy atom. The molecule has 0 amide bonds. The Kier molecular flexibility index (Phi) is 4.06. The van der Waals surface area contributed by atoms with Gasteiger partial charge in [-0.15, -0.1) is 0 Å². The summed E-state index contributed by atoms with van der Waals surface area (Å²) in [6.07, 6.45) is 0.929. The highest BCUT2D eigenvalue weighted by atomic mass is 19.1. The SMILES string of the molecule is CCC(NCc1cccc2c1OCO2)c1ccc(F)cc1. The molecule has 3 nitrogen and oxygen atoms in total. The lowest BCUT2D eigenvalue weighted by molar-refractivity contribution is 0.173. The summed E-state index contributed by atoms with van der Waals surface area (Å²) in [4.78, 5) is 0. The predicted octanol–water partition coefficient (Wildman–Crippen LogP) is 3.80. The molecule has 1 aliphatic heterocycles. The van der Waals surface area contributed by atoms with Crippen LogP contribution in [0.1, 0.15) is 30.5 Å². The van der Waals surface area contributed by atoms with Gasteiger partial charge in [-0.25, -0.2) is 4.39 Å². The van der Waals surface area contributed by atoms with Crippen molar-refractivity contribution < 1.29 is 13.9 Å². The van der Waals surface area contributed by atoms with Crippen molar-refractivity contribution in [2.75, 3.05) is 6.79 Å².